The van der Waals surface area contributed by atoms with E-state index in [1.165, 1.54) is 0 Å². The minimum absolute atomic E-state index is 0.0157. The number of carbonyl (C=O) groups is 1. The number of hydrogen-bond acceptors (Lipinski definition) is 6. The number of fused-ring (bicyclic) bond motifs is 1. The zero-order chi connectivity index (χ0) is 26.7. The lowest BCUT2D eigenvalue weighted by Crippen LogP contribution is -2.30. The fourth-order valence-corrected chi connectivity index (χ4v) is 5.14. The van der Waals surface area contributed by atoms with E-state index in [0.717, 1.165) is 60.6 Å². The third kappa shape index (κ3) is 6.30. The second-order valence-electron chi connectivity index (χ2n) is 10.7. The summed E-state index contributed by atoms with van der Waals surface area (Å²) in [5, 5.41) is 10.2. The summed E-state index contributed by atoms with van der Waals surface area (Å²) in [5.41, 5.74) is 4.51. The lowest BCUT2D eigenvalue weighted by Gasteiger charge is -2.23. The Labute approximate surface area is 218 Å². The smallest absolute Gasteiger partial charge is 0.311 e. The minimum Gasteiger partial charge on any atom is -0.463 e. The zero-order valence-corrected chi connectivity index (χ0v) is 22.6. The van der Waals surface area contributed by atoms with E-state index in [-0.39, 0.29) is 17.6 Å². The van der Waals surface area contributed by atoms with Gasteiger partial charge in [-0.2, -0.15) is 0 Å². The van der Waals surface area contributed by atoms with Crippen molar-refractivity contribution in [2.45, 2.75) is 72.1 Å². The molecule has 1 aliphatic rings. The average molecular weight is 510 g/mol. The molecule has 0 saturated carbocycles. The highest BCUT2D eigenvalue weighted by molar-refractivity contribution is 5.81. The first-order valence-corrected chi connectivity index (χ1v) is 13.3. The van der Waals surface area contributed by atoms with Crippen LogP contribution in [-0.2, 0) is 34.3 Å². The summed E-state index contributed by atoms with van der Waals surface area (Å²) in [6.07, 6.45) is 4.11. The molecule has 1 saturated heterocycles. The normalized spacial score (nSPS) is 17.8. The maximum absolute atomic E-state index is 12.5. The van der Waals surface area contributed by atoms with Gasteiger partial charge in [-0.1, -0.05) is 6.07 Å². The summed E-state index contributed by atoms with van der Waals surface area (Å²) < 4.78 is 14.9. The van der Waals surface area contributed by atoms with Gasteiger partial charge < -0.3 is 23.7 Å². The summed E-state index contributed by atoms with van der Waals surface area (Å²) >= 11 is 0. The molecule has 0 aliphatic carbocycles. The molecular formula is C29H39N3O5. The Hall–Kier alpha value is -2.97. The maximum atomic E-state index is 12.5. The zero-order valence-electron chi connectivity index (χ0n) is 22.6. The van der Waals surface area contributed by atoms with Crippen LogP contribution in [0.4, 0.5) is 0 Å². The standard InChI is InChI=1S/C29H39N3O5/c1-18(2)37-29(35)24(20(4)33)10-8-21-9-11-26-25(14-21)30-27(23-13-19(3)28(34)31(5)16-23)32(26)15-22-7-6-12-36-17-22/h9,11,13-14,16,18,20,22,24,33H,6-8,10,12,15,17H2,1-5H3/t20-,22-,24+/m1/s1. The van der Waals surface area contributed by atoms with Crippen LogP contribution >= 0.6 is 0 Å². The van der Waals surface area contributed by atoms with E-state index >= 15 is 0 Å². The molecule has 37 heavy (non-hydrogen) atoms. The minimum atomic E-state index is -0.786. The van der Waals surface area contributed by atoms with Gasteiger partial charge in [0.1, 0.15) is 5.82 Å². The Kier molecular flexibility index (Phi) is 8.49. The molecule has 8 nitrogen and oxygen atoms in total. The van der Waals surface area contributed by atoms with E-state index in [4.69, 9.17) is 14.5 Å². The number of imidazole rings is 1. The van der Waals surface area contributed by atoms with E-state index in [0.29, 0.717) is 24.3 Å². The van der Waals surface area contributed by atoms with Gasteiger partial charge in [-0.25, -0.2) is 4.98 Å². The molecule has 1 N–H and O–H groups in total. The van der Waals surface area contributed by atoms with E-state index in [2.05, 4.69) is 22.8 Å². The van der Waals surface area contributed by atoms with Crippen molar-refractivity contribution in [3.8, 4) is 11.4 Å². The van der Waals surface area contributed by atoms with Crippen molar-refractivity contribution >= 4 is 17.0 Å². The number of aliphatic hydroxyl groups is 1. The van der Waals surface area contributed by atoms with Crippen LogP contribution in [0.5, 0.6) is 0 Å². The number of nitrogens with zero attached hydrogens (tertiary/aromatic N) is 3. The van der Waals surface area contributed by atoms with Crippen molar-refractivity contribution in [3.05, 3.63) is 51.9 Å². The molecule has 0 radical (unpaired) electrons. The van der Waals surface area contributed by atoms with Gasteiger partial charge in [-0.3, -0.25) is 9.59 Å². The highest BCUT2D eigenvalue weighted by Gasteiger charge is 2.26. The Balaban J connectivity index is 1.67. The topological polar surface area (TPSA) is 95.6 Å². The molecule has 2 aromatic heterocycles. The Morgan fingerprint density at radius 3 is 2.70 bits per heavy atom. The average Bonchev–Trinajstić information content (AvgIpc) is 3.19. The molecule has 8 heteroatoms. The van der Waals surface area contributed by atoms with Gasteiger partial charge in [0.15, 0.2) is 0 Å². The van der Waals surface area contributed by atoms with Crippen molar-refractivity contribution in [2.75, 3.05) is 13.2 Å². The summed E-state index contributed by atoms with van der Waals surface area (Å²) in [4.78, 5) is 29.8. The van der Waals surface area contributed by atoms with E-state index < -0.39 is 12.0 Å². The molecule has 3 atom stereocenters. The fraction of sp³-hybridized carbons (Fsp3) is 0.552. The van der Waals surface area contributed by atoms with Crippen LogP contribution < -0.4 is 5.56 Å². The number of pyridine rings is 1. The van der Waals surface area contributed by atoms with Gasteiger partial charge in [0.2, 0.25) is 0 Å². The summed E-state index contributed by atoms with van der Waals surface area (Å²) in [6, 6.07) is 8.13. The van der Waals surface area contributed by atoms with Crippen molar-refractivity contribution in [1.82, 2.24) is 14.1 Å². The second-order valence-corrected chi connectivity index (χ2v) is 10.7. The first-order chi connectivity index (χ1) is 17.6. The van der Waals surface area contributed by atoms with Crippen LogP contribution in [0.2, 0.25) is 0 Å². The number of ether oxygens (including phenoxy) is 2. The summed E-state index contributed by atoms with van der Waals surface area (Å²) in [6.45, 7) is 9.42. The molecule has 200 valence electrons. The quantitative estimate of drug-likeness (QED) is 0.438. The largest absolute Gasteiger partial charge is 0.463 e. The molecule has 0 amide bonds. The first-order valence-electron chi connectivity index (χ1n) is 13.3. The first kappa shape index (κ1) is 27.1. The highest BCUT2D eigenvalue weighted by Crippen LogP contribution is 2.29. The molecular weight excluding hydrogens is 470 g/mol. The SMILES string of the molecule is Cc1cc(-c2nc3cc(CC[C@H](C(=O)OC(C)C)[C@@H](C)O)ccc3n2C[C@H]2CCCOC2)cn(C)c1=O. The van der Waals surface area contributed by atoms with Crippen molar-refractivity contribution in [2.24, 2.45) is 18.9 Å². The Bertz CT molecular complexity index is 1270. The van der Waals surface area contributed by atoms with Gasteiger partial charge in [0, 0.05) is 43.4 Å². The van der Waals surface area contributed by atoms with Gasteiger partial charge in [-0.05, 0) is 77.1 Å². The molecule has 1 aromatic carbocycles. The predicted molar refractivity (Wildman–Crippen MR) is 143 cm³/mol. The third-order valence-electron chi connectivity index (χ3n) is 7.11. The number of aliphatic hydroxyl groups excluding tert-OH is 1. The lowest BCUT2D eigenvalue weighted by atomic mass is 9.95. The van der Waals surface area contributed by atoms with E-state index in [9.17, 15) is 14.7 Å². The molecule has 3 heterocycles. The van der Waals surface area contributed by atoms with Gasteiger partial charge in [-0.15, -0.1) is 0 Å². The van der Waals surface area contributed by atoms with Crippen molar-refractivity contribution < 1.29 is 19.4 Å². The number of aromatic nitrogens is 3. The van der Waals surface area contributed by atoms with Crippen LogP contribution in [0.3, 0.4) is 0 Å². The highest BCUT2D eigenvalue weighted by atomic mass is 16.5. The van der Waals surface area contributed by atoms with Gasteiger partial charge in [0.05, 0.1) is 35.8 Å². The molecule has 0 unspecified atom stereocenters. The predicted octanol–water partition coefficient (Wildman–Crippen LogP) is 4.02. The number of rotatable bonds is 9. The summed E-state index contributed by atoms with van der Waals surface area (Å²) in [7, 11) is 1.77. The molecule has 0 spiro atoms. The number of benzene rings is 1. The van der Waals surface area contributed by atoms with Crippen LogP contribution in [0.1, 0.15) is 51.2 Å². The molecule has 1 aliphatic heterocycles. The summed E-state index contributed by atoms with van der Waals surface area (Å²) in [5.74, 6) is 0.291. The number of carbonyl (C=O) groups excluding carboxylic acids is 1. The second kappa shape index (κ2) is 11.6. The van der Waals surface area contributed by atoms with Gasteiger partial charge >= 0.3 is 5.97 Å². The van der Waals surface area contributed by atoms with Gasteiger partial charge in [0.25, 0.3) is 5.56 Å². The Morgan fingerprint density at radius 1 is 1.27 bits per heavy atom. The van der Waals surface area contributed by atoms with Crippen LogP contribution in [0.25, 0.3) is 22.4 Å². The number of aryl methyl sites for hydroxylation is 3. The Morgan fingerprint density at radius 2 is 2.05 bits per heavy atom. The maximum Gasteiger partial charge on any atom is 0.311 e. The number of hydrogen-bond donors (Lipinski definition) is 1. The lowest BCUT2D eigenvalue weighted by molar-refractivity contribution is -0.156. The van der Waals surface area contributed by atoms with Crippen molar-refractivity contribution in [3.63, 3.8) is 0 Å². The van der Waals surface area contributed by atoms with E-state index in [1.807, 2.05) is 33.0 Å². The van der Waals surface area contributed by atoms with Crippen LogP contribution in [0, 0.1) is 18.8 Å². The fourth-order valence-electron chi connectivity index (χ4n) is 5.14. The van der Waals surface area contributed by atoms with E-state index in [1.54, 1.807) is 18.5 Å². The number of esters is 1. The third-order valence-corrected chi connectivity index (χ3v) is 7.11. The van der Waals surface area contributed by atoms with Crippen LogP contribution in [0.15, 0.2) is 35.3 Å². The molecule has 1 fully saturated rings. The monoisotopic (exact) mass is 509 g/mol. The van der Waals surface area contributed by atoms with Crippen molar-refractivity contribution in [1.29, 1.82) is 0 Å². The molecule has 0 bridgehead atoms. The molecule has 3 aromatic rings. The van der Waals surface area contributed by atoms with Crippen LogP contribution in [-0.4, -0.2) is 50.6 Å². The molecule has 4 rings (SSSR count).